The normalized spacial score (nSPS) is 12.2. The number of benzene rings is 1. The van der Waals surface area contributed by atoms with Crippen LogP contribution < -0.4 is 11.3 Å². The Hall–Kier alpha value is -1.27. The van der Waals surface area contributed by atoms with Gasteiger partial charge in [-0.05, 0) is 18.1 Å². The van der Waals surface area contributed by atoms with Crippen molar-refractivity contribution in [2.45, 2.75) is 31.3 Å². The number of hydrazine groups is 1. The van der Waals surface area contributed by atoms with Crippen LogP contribution in [0.4, 0.5) is 11.4 Å². The summed E-state index contributed by atoms with van der Waals surface area (Å²) in [5.74, 6) is 6.11. The number of thioether (sulfide) groups is 1. The molecule has 0 saturated heterocycles. The summed E-state index contributed by atoms with van der Waals surface area (Å²) in [4.78, 5) is 10.3. The van der Waals surface area contributed by atoms with Crippen LogP contribution in [0.15, 0.2) is 18.2 Å². The lowest BCUT2D eigenvalue weighted by atomic mass is 10.2. The number of rotatable bonds is 6. The molecule has 0 amide bonds. The zero-order valence-corrected chi connectivity index (χ0v) is 10.8. The maximum Gasteiger partial charge on any atom is 0.269 e. The Bertz CT molecular complexity index is 398. The summed E-state index contributed by atoms with van der Waals surface area (Å²) in [6.45, 7) is 4.25. The molecule has 3 N–H and O–H groups in total. The molecule has 1 atom stereocenters. The van der Waals surface area contributed by atoms with Gasteiger partial charge >= 0.3 is 0 Å². The molecule has 0 heterocycles. The second-order valence-electron chi connectivity index (χ2n) is 3.77. The summed E-state index contributed by atoms with van der Waals surface area (Å²) in [5, 5.41) is 11.2. The van der Waals surface area contributed by atoms with Crippen LogP contribution in [-0.4, -0.2) is 10.2 Å². The van der Waals surface area contributed by atoms with Gasteiger partial charge in [0.15, 0.2) is 0 Å². The third-order valence-corrected chi connectivity index (χ3v) is 3.93. The molecule has 0 fully saturated rings. The minimum atomic E-state index is -0.391. The predicted octanol–water partition coefficient (Wildman–Crippen LogP) is 2.91. The lowest BCUT2D eigenvalue weighted by molar-refractivity contribution is -0.384. The van der Waals surface area contributed by atoms with E-state index in [1.165, 1.54) is 6.07 Å². The summed E-state index contributed by atoms with van der Waals surface area (Å²) in [6, 6.07) is 4.67. The number of nitrogens with two attached hydrogens (primary N) is 1. The van der Waals surface area contributed by atoms with Crippen LogP contribution in [0.1, 0.15) is 25.8 Å². The van der Waals surface area contributed by atoms with Crippen molar-refractivity contribution in [2.24, 2.45) is 5.84 Å². The monoisotopic (exact) mass is 255 g/mol. The Balaban J connectivity index is 2.86. The highest BCUT2D eigenvalue weighted by atomic mass is 32.2. The van der Waals surface area contributed by atoms with E-state index in [-0.39, 0.29) is 5.69 Å². The first-order chi connectivity index (χ1) is 8.08. The number of nitrogens with one attached hydrogen (secondary N) is 1. The van der Waals surface area contributed by atoms with Crippen molar-refractivity contribution in [3.63, 3.8) is 0 Å². The zero-order chi connectivity index (χ0) is 12.8. The summed E-state index contributed by atoms with van der Waals surface area (Å²) >= 11 is 1.76. The molecule has 17 heavy (non-hydrogen) atoms. The number of hydrogen-bond acceptors (Lipinski definition) is 5. The van der Waals surface area contributed by atoms with Gasteiger partial charge in [-0.3, -0.25) is 16.0 Å². The van der Waals surface area contributed by atoms with E-state index >= 15 is 0 Å². The highest BCUT2D eigenvalue weighted by Gasteiger charge is 2.11. The third kappa shape index (κ3) is 3.90. The Morgan fingerprint density at radius 3 is 2.82 bits per heavy atom. The first kappa shape index (κ1) is 13.8. The van der Waals surface area contributed by atoms with Crippen LogP contribution in [0.3, 0.4) is 0 Å². The van der Waals surface area contributed by atoms with E-state index in [0.29, 0.717) is 5.25 Å². The first-order valence-electron chi connectivity index (χ1n) is 5.44. The number of nitrogen functional groups attached to an aromatic ring is 1. The molecule has 1 aromatic rings. The van der Waals surface area contributed by atoms with Crippen LogP contribution in [0, 0.1) is 10.1 Å². The third-order valence-electron chi connectivity index (χ3n) is 2.55. The number of nitro groups is 1. The molecular weight excluding hydrogens is 238 g/mol. The molecule has 0 aliphatic carbocycles. The van der Waals surface area contributed by atoms with E-state index in [4.69, 9.17) is 5.84 Å². The van der Waals surface area contributed by atoms with Gasteiger partial charge in [0, 0.05) is 23.1 Å². The number of hydrogen-bond donors (Lipinski definition) is 2. The molecule has 6 heteroatoms. The van der Waals surface area contributed by atoms with E-state index in [0.717, 1.165) is 23.4 Å². The molecule has 5 nitrogen and oxygen atoms in total. The summed E-state index contributed by atoms with van der Waals surface area (Å²) in [6.07, 6.45) is 1.07. The smallest absolute Gasteiger partial charge is 0.269 e. The Kier molecular flexibility index (Phi) is 5.24. The van der Waals surface area contributed by atoms with Crippen molar-refractivity contribution in [3.8, 4) is 0 Å². The Morgan fingerprint density at radius 2 is 2.29 bits per heavy atom. The van der Waals surface area contributed by atoms with Crippen molar-refractivity contribution in [1.82, 2.24) is 0 Å². The van der Waals surface area contributed by atoms with Crippen LogP contribution in [0.5, 0.6) is 0 Å². The molecule has 0 bridgehead atoms. The predicted molar refractivity (Wildman–Crippen MR) is 72.0 cm³/mol. The van der Waals surface area contributed by atoms with Gasteiger partial charge in [0.25, 0.3) is 5.69 Å². The maximum atomic E-state index is 10.7. The first-order valence-corrected chi connectivity index (χ1v) is 6.48. The van der Waals surface area contributed by atoms with E-state index in [2.05, 4.69) is 19.3 Å². The van der Waals surface area contributed by atoms with E-state index in [1.807, 2.05) is 0 Å². The van der Waals surface area contributed by atoms with E-state index in [1.54, 1.807) is 23.9 Å². The summed E-state index contributed by atoms with van der Waals surface area (Å²) in [5.41, 5.74) is 4.28. The zero-order valence-electron chi connectivity index (χ0n) is 9.97. The standard InChI is InChI=1S/C11H17N3O2S/c1-3-8(2)17-7-9-6-10(14(15)16)4-5-11(9)13-12/h4-6,8,13H,3,7,12H2,1-2H3. The molecule has 0 aromatic heterocycles. The van der Waals surface area contributed by atoms with Crippen molar-refractivity contribution in [1.29, 1.82) is 0 Å². The lowest BCUT2D eigenvalue weighted by Crippen LogP contribution is -2.09. The minimum absolute atomic E-state index is 0.101. The van der Waals surface area contributed by atoms with Gasteiger partial charge in [-0.1, -0.05) is 13.8 Å². The largest absolute Gasteiger partial charge is 0.324 e. The molecule has 0 aliphatic rings. The molecule has 0 aliphatic heterocycles. The second-order valence-corrected chi connectivity index (χ2v) is 5.20. The number of nitro benzene ring substituents is 1. The van der Waals surface area contributed by atoms with Gasteiger partial charge in [-0.15, -0.1) is 0 Å². The van der Waals surface area contributed by atoms with Gasteiger partial charge in [0.1, 0.15) is 0 Å². The highest BCUT2D eigenvalue weighted by Crippen LogP contribution is 2.27. The van der Waals surface area contributed by atoms with Crippen LogP contribution in [0.25, 0.3) is 0 Å². The minimum Gasteiger partial charge on any atom is -0.324 e. The fourth-order valence-corrected chi connectivity index (χ4v) is 2.24. The van der Waals surface area contributed by atoms with Gasteiger partial charge in [0.2, 0.25) is 0 Å². The Morgan fingerprint density at radius 1 is 1.59 bits per heavy atom. The average molecular weight is 255 g/mol. The molecule has 0 spiro atoms. The van der Waals surface area contributed by atoms with Crippen LogP contribution in [-0.2, 0) is 5.75 Å². The van der Waals surface area contributed by atoms with Crippen molar-refractivity contribution >= 4 is 23.1 Å². The molecule has 0 radical (unpaired) electrons. The number of non-ortho nitro benzene ring substituents is 1. The van der Waals surface area contributed by atoms with Gasteiger partial charge < -0.3 is 5.43 Å². The molecule has 0 saturated carbocycles. The maximum absolute atomic E-state index is 10.7. The quantitative estimate of drug-likeness (QED) is 0.464. The molecule has 94 valence electrons. The van der Waals surface area contributed by atoms with Gasteiger partial charge in [-0.2, -0.15) is 11.8 Å². The van der Waals surface area contributed by atoms with E-state index < -0.39 is 4.92 Å². The SMILES string of the molecule is CCC(C)SCc1cc([N+](=O)[O-])ccc1NN. The fourth-order valence-electron chi connectivity index (χ4n) is 1.30. The molecule has 1 unspecified atom stereocenters. The summed E-state index contributed by atoms with van der Waals surface area (Å²) < 4.78 is 0. The number of nitrogens with zero attached hydrogens (tertiary/aromatic N) is 1. The molecule has 1 aromatic carbocycles. The van der Waals surface area contributed by atoms with Crippen molar-refractivity contribution < 1.29 is 4.92 Å². The number of anilines is 1. The fraction of sp³-hybridized carbons (Fsp3) is 0.455. The Labute approximate surface area is 105 Å². The van der Waals surface area contributed by atoms with Crippen LogP contribution >= 0.6 is 11.8 Å². The average Bonchev–Trinajstić information content (AvgIpc) is 2.35. The van der Waals surface area contributed by atoms with Crippen molar-refractivity contribution in [3.05, 3.63) is 33.9 Å². The van der Waals surface area contributed by atoms with Gasteiger partial charge in [-0.25, -0.2) is 0 Å². The molecule has 1 rings (SSSR count). The topological polar surface area (TPSA) is 81.2 Å². The molecular formula is C11H17N3O2S. The van der Waals surface area contributed by atoms with Crippen LogP contribution in [0.2, 0.25) is 0 Å². The second kappa shape index (κ2) is 6.46. The van der Waals surface area contributed by atoms with Crippen molar-refractivity contribution in [2.75, 3.05) is 5.43 Å². The van der Waals surface area contributed by atoms with Gasteiger partial charge in [0.05, 0.1) is 10.6 Å². The lowest BCUT2D eigenvalue weighted by Gasteiger charge is -2.11. The summed E-state index contributed by atoms with van der Waals surface area (Å²) in [7, 11) is 0. The highest BCUT2D eigenvalue weighted by molar-refractivity contribution is 7.99. The van der Waals surface area contributed by atoms with E-state index in [9.17, 15) is 10.1 Å².